The number of halogens is 1. The minimum absolute atomic E-state index is 0.0510. The summed E-state index contributed by atoms with van der Waals surface area (Å²) in [5, 5.41) is 0. The molecule has 0 radical (unpaired) electrons. The molecule has 24 heavy (non-hydrogen) atoms. The Morgan fingerprint density at radius 2 is 2.21 bits per heavy atom. The number of rotatable bonds is 3. The Labute approximate surface area is 140 Å². The smallest absolute Gasteiger partial charge is 0.348 e. The van der Waals surface area contributed by atoms with Crippen molar-refractivity contribution in [3.8, 4) is 0 Å². The maximum atomic E-state index is 15.3. The SMILES string of the molecule is COC(=O)[C@@]1(F)CC[C@H](OC2=C(C)CC[N+]23CC3)c2ncccc21. The van der Waals surface area contributed by atoms with Crippen LogP contribution < -0.4 is 0 Å². The molecule has 0 bridgehead atoms. The summed E-state index contributed by atoms with van der Waals surface area (Å²) in [6, 6.07) is 3.27. The summed E-state index contributed by atoms with van der Waals surface area (Å²) in [4.78, 5) is 16.3. The first-order valence-electron chi connectivity index (χ1n) is 8.46. The molecule has 5 nitrogen and oxygen atoms in total. The molecule has 4 rings (SSSR count). The topological polar surface area (TPSA) is 48.4 Å². The fraction of sp³-hybridized carbons (Fsp3) is 0.556. The summed E-state index contributed by atoms with van der Waals surface area (Å²) in [6.45, 7) is 5.43. The van der Waals surface area contributed by atoms with Crippen molar-refractivity contribution in [3.05, 3.63) is 41.0 Å². The van der Waals surface area contributed by atoms with Crippen LogP contribution in [0.15, 0.2) is 29.8 Å². The van der Waals surface area contributed by atoms with Crippen LogP contribution in [0.25, 0.3) is 0 Å². The molecule has 0 unspecified atom stereocenters. The second-order valence-electron chi connectivity index (χ2n) is 7.03. The van der Waals surface area contributed by atoms with E-state index in [1.54, 1.807) is 18.3 Å². The molecule has 0 aromatic carbocycles. The maximum Gasteiger partial charge on any atom is 0.348 e. The van der Waals surface area contributed by atoms with E-state index in [-0.39, 0.29) is 18.1 Å². The van der Waals surface area contributed by atoms with E-state index in [1.165, 1.54) is 12.7 Å². The van der Waals surface area contributed by atoms with E-state index < -0.39 is 11.6 Å². The minimum Gasteiger partial charge on any atom is -0.466 e. The van der Waals surface area contributed by atoms with Crippen LogP contribution in [0.4, 0.5) is 4.39 Å². The van der Waals surface area contributed by atoms with Gasteiger partial charge in [0.2, 0.25) is 5.67 Å². The van der Waals surface area contributed by atoms with E-state index in [1.807, 2.05) is 0 Å². The Bertz CT molecular complexity index is 729. The van der Waals surface area contributed by atoms with Crippen LogP contribution in [0.2, 0.25) is 0 Å². The number of carbonyl (C=O) groups excluding carboxylic acids is 1. The molecule has 0 N–H and O–H groups in total. The summed E-state index contributed by atoms with van der Waals surface area (Å²) in [7, 11) is 1.21. The van der Waals surface area contributed by atoms with E-state index in [0.717, 1.165) is 36.4 Å². The van der Waals surface area contributed by atoms with Gasteiger partial charge in [-0.1, -0.05) is 6.07 Å². The minimum atomic E-state index is -2.14. The Balaban J connectivity index is 1.68. The van der Waals surface area contributed by atoms with Crippen molar-refractivity contribution in [2.75, 3.05) is 26.7 Å². The molecule has 0 amide bonds. The van der Waals surface area contributed by atoms with Gasteiger partial charge in [-0.15, -0.1) is 0 Å². The van der Waals surface area contributed by atoms with Gasteiger partial charge < -0.3 is 9.47 Å². The largest absolute Gasteiger partial charge is 0.466 e. The lowest BCUT2D eigenvalue weighted by Gasteiger charge is -2.34. The Hall–Kier alpha value is -1.95. The molecule has 2 atom stereocenters. The van der Waals surface area contributed by atoms with Crippen molar-refractivity contribution >= 4 is 5.97 Å². The average Bonchev–Trinajstić information content (AvgIpc) is 3.33. The number of alkyl halides is 1. The molecule has 1 aromatic heterocycles. The van der Waals surface area contributed by atoms with Crippen LogP contribution in [0, 0.1) is 0 Å². The number of pyridine rings is 1. The molecule has 128 valence electrons. The van der Waals surface area contributed by atoms with Gasteiger partial charge in [-0.05, 0) is 19.4 Å². The highest BCUT2D eigenvalue weighted by atomic mass is 19.1. The monoisotopic (exact) mass is 333 g/mol. The highest BCUT2D eigenvalue weighted by Crippen LogP contribution is 2.48. The van der Waals surface area contributed by atoms with Crippen molar-refractivity contribution in [2.45, 2.75) is 38.0 Å². The van der Waals surface area contributed by atoms with Crippen LogP contribution in [0.3, 0.4) is 0 Å². The molecule has 2 aliphatic heterocycles. The Morgan fingerprint density at radius 3 is 2.92 bits per heavy atom. The lowest BCUT2D eigenvalue weighted by molar-refractivity contribution is -0.771. The van der Waals surface area contributed by atoms with Gasteiger partial charge in [-0.2, -0.15) is 0 Å². The third kappa shape index (κ3) is 2.16. The summed E-state index contributed by atoms with van der Waals surface area (Å²) < 4.78 is 27.2. The second kappa shape index (κ2) is 5.28. The van der Waals surface area contributed by atoms with Crippen molar-refractivity contribution < 1.29 is 23.1 Å². The number of hydrogen-bond acceptors (Lipinski definition) is 4. The first kappa shape index (κ1) is 15.6. The number of carbonyl (C=O) groups is 1. The molecule has 6 heteroatoms. The molecule has 3 heterocycles. The average molecular weight is 333 g/mol. The van der Waals surface area contributed by atoms with Crippen LogP contribution in [0.5, 0.6) is 0 Å². The van der Waals surface area contributed by atoms with Gasteiger partial charge in [-0.3, -0.25) is 9.47 Å². The zero-order valence-electron chi connectivity index (χ0n) is 14.0. The second-order valence-corrected chi connectivity index (χ2v) is 7.03. The number of quaternary nitrogens is 1. The molecule has 1 aromatic rings. The quantitative estimate of drug-likeness (QED) is 0.485. The van der Waals surface area contributed by atoms with Gasteiger partial charge in [0.05, 0.1) is 19.3 Å². The fourth-order valence-electron chi connectivity index (χ4n) is 3.99. The normalized spacial score (nSPS) is 30.2. The zero-order chi connectivity index (χ0) is 16.9. The Morgan fingerprint density at radius 1 is 1.42 bits per heavy atom. The predicted molar refractivity (Wildman–Crippen MR) is 84.3 cm³/mol. The maximum absolute atomic E-state index is 15.3. The van der Waals surface area contributed by atoms with Gasteiger partial charge in [0.15, 0.2) is 0 Å². The molecule has 1 saturated heterocycles. The lowest BCUT2D eigenvalue weighted by atomic mass is 9.81. The molecule has 1 aliphatic carbocycles. The van der Waals surface area contributed by atoms with E-state index in [0.29, 0.717) is 12.1 Å². The summed E-state index contributed by atoms with van der Waals surface area (Å²) in [5.41, 5.74) is -0.0655. The van der Waals surface area contributed by atoms with Gasteiger partial charge >= 0.3 is 5.97 Å². The van der Waals surface area contributed by atoms with Gasteiger partial charge in [0.25, 0.3) is 5.88 Å². The Kier molecular flexibility index (Phi) is 3.42. The van der Waals surface area contributed by atoms with Gasteiger partial charge in [0, 0.05) is 30.2 Å². The zero-order valence-corrected chi connectivity index (χ0v) is 14.0. The number of fused-ring (bicyclic) bond motifs is 1. The molecular formula is C18H22FN2O3+. The predicted octanol–water partition coefficient (Wildman–Crippen LogP) is 2.74. The molecule has 1 fully saturated rings. The highest BCUT2D eigenvalue weighted by molar-refractivity contribution is 5.82. The number of ether oxygens (including phenoxy) is 2. The van der Waals surface area contributed by atoms with Crippen LogP contribution >= 0.6 is 0 Å². The summed E-state index contributed by atoms with van der Waals surface area (Å²) in [5.74, 6) is 0.168. The lowest BCUT2D eigenvalue weighted by Crippen LogP contribution is -2.38. The van der Waals surface area contributed by atoms with Gasteiger partial charge in [0.1, 0.15) is 19.2 Å². The number of methoxy groups -OCH3 is 1. The van der Waals surface area contributed by atoms with E-state index in [2.05, 4.69) is 16.6 Å². The van der Waals surface area contributed by atoms with E-state index in [9.17, 15) is 4.79 Å². The third-order valence-electron chi connectivity index (χ3n) is 5.56. The van der Waals surface area contributed by atoms with Crippen molar-refractivity contribution in [1.29, 1.82) is 0 Å². The number of hydrogen-bond donors (Lipinski definition) is 0. The van der Waals surface area contributed by atoms with Crippen LogP contribution in [0.1, 0.15) is 43.5 Å². The molecule has 1 spiro atoms. The number of esters is 1. The van der Waals surface area contributed by atoms with Crippen LogP contribution in [-0.2, 0) is 19.9 Å². The fourth-order valence-corrected chi connectivity index (χ4v) is 3.99. The molecular weight excluding hydrogens is 311 g/mol. The molecule has 0 saturated carbocycles. The van der Waals surface area contributed by atoms with Crippen molar-refractivity contribution in [1.82, 2.24) is 4.98 Å². The highest BCUT2D eigenvalue weighted by Gasteiger charge is 2.55. The van der Waals surface area contributed by atoms with E-state index >= 15 is 4.39 Å². The standard InChI is InChI=1S/C18H22FN2O3/c1-12-6-9-21(10-11-21)16(12)24-14-5-7-18(19,17(22)23-2)13-4-3-8-20-15(13)14/h3-4,8,14H,5-7,9-11H2,1-2H3/q+1/t14-,18+/m0/s1. The summed E-state index contributed by atoms with van der Waals surface area (Å²) >= 11 is 0. The van der Waals surface area contributed by atoms with E-state index in [4.69, 9.17) is 4.74 Å². The van der Waals surface area contributed by atoms with Gasteiger partial charge in [-0.25, -0.2) is 9.18 Å². The first-order chi connectivity index (χ1) is 11.5. The summed E-state index contributed by atoms with van der Waals surface area (Å²) in [6.07, 6.45) is 2.82. The number of nitrogens with zero attached hydrogens (tertiary/aromatic N) is 2. The van der Waals surface area contributed by atoms with Crippen molar-refractivity contribution in [3.63, 3.8) is 0 Å². The first-order valence-corrected chi connectivity index (χ1v) is 8.46. The number of aromatic nitrogens is 1. The third-order valence-corrected chi connectivity index (χ3v) is 5.56. The van der Waals surface area contributed by atoms with Crippen LogP contribution in [-0.4, -0.2) is 42.2 Å². The molecule has 3 aliphatic rings. The van der Waals surface area contributed by atoms with Crippen molar-refractivity contribution in [2.24, 2.45) is 0 Å².